The summed E-state index contributed by atoms with van der Waals surface area (Å²) in [4.78, 5) is 3.76. The van der Waals surface area contributed by atoms with Gasteiger partial charge in [0.1, 0.15) is 0 Å². The van der Waals surface area contributed by atoms with Gasteiger partial charge in [0.2, 0.25) is 0 Å². The average molecular weight is 292 g/mol. The normalized spacial score (nSPS) is 19.0. The van der Waals surface area contributed by atoms with Crippen LogP contribution in [0.25, 0.3) is 0 Å². The Hall–Kier alpha value is -1.17. The highest BCUT2D eigenvalue weighted by Crippen LogP contribution is 2.19. The summed E-state index contributed by atoms with van der Waals surface area (Å²) in [6, 6.07) is 6.29. The van der Waals surface area contributed by atoms with E-state index in [0.717, 1.165) is 44.1 Å². The van der Waals surface area contributed by atoms with Crippen molar-refractivity contribution in [3.8, 4) is 0 Å². The van der Waals surface area contributed by atoms with Gasteiger partial charge in [-0.05, 0) is 31.2 Å². The summed E-state index contributed by atoms with van der Waals surface area (Å²) >= 11 is 1.80. The van der Waals surface area contributed by atoms with E-state index in [1.54, 1.807) is 11.3 Å². The molecule has 1 aliphatic heterocycles. The second-order valence-corrected chi connectivity index (χ2v) is 6.35. The lowest BCUT2D eigenvalue weighted by atomic mass is 10.2. The van der Waals surface area contributed by atoms with Gasteiger partial charge in [0.25, 0.3) is 0 Å². The van der Waals surface area contributed by atoms with Gasteiger partial charge in [-0.25, -0.2) is 0 Å². The molecule has 3 rings (SSSR count). The number of hydrogen-bond acceptors (Lipinski definition) is 5. The molecule has 0 aliphatic carbocycles. The van der Waals surface area contributed by atoms with E-state index in [9.17, 15) is 0 Å². The van der Waals surface area contributed by atoms with Gasteiger partial charge in [-0.2, -0.15) is 0 Å². The summed E-state index contributed by atoms with van der Waals surface area (Å²) in [6.45, 7) is 5.54. The maximum absolute atomic E-state index is 5.76. The number of aromatic nitrogens is 1. The molecule has 3 heterocycles. The summed E-state index contributed by atoms with van der Waals surface area (Å²) in [6.07, 6.45) is 2.70. The molecular weight excluding hydrogens is 272 g/mol. The monoisotopic (exact) mass is 292 g/mol. The Bertz CT molecular complexity index is 518. The molecule has 1 unspecified atom stereocenters. The Kier molecular flexibility index (Phi) is 4.50. The largest absolute Gasteiger partial charge is 0.377 e. The third kappa shape index (κ3) is 3.69. The first-order valence-electron chi connectivity index (χ1n) is 7.08. The molecule has 1 fully saturated rings. The highest BCUT2D eigenvalue weighted by atomic mass is 32.1. The SMILES string of the molecule is Cc1cc(CN(Cc2cccs2)CC2CCCO2)on1. The van der Waals surface area contributed by atoms with Crippen LogP contribution in [0.15, 0.2) is 28.1 Å². The third-order valence-corrected chi connectivity index (χ3v) is 4.36. The molecule has 1 aliphatic rings. The molecule has 1 saturated heterocycles. The first-order valence-corrected chi connectivity index (χ1v) is 7.96. The highest BCUT2D eigenvalue weighted by Gasteiger charge is 2.20. The Balaban J connectivity index is 1.65. The topological polar surface area (TPSA) is 38.5 Å². The first kappa shape index (κ1) is 13.8. The molecule has 4 nitrogen and oxygen atoms in total. The van der Waals surface area contributed by atoms with Crippen LogP contribution in [-0.4, -0.2) is 29.3 Å². The minimum absolute atomic E-state index is 0.360. The Morgan fingerprint density at radius 3 is 3.05 bits per heavy atom. The van der Waals surface area contributed by atoms with Crippen LogP contribution >= 0.6 is 11.3 Å². The lowest BCUT2D eigenvalue weighted by molar-refractivity contribution is 0.0650. The number of thiophene rings is 1. The zero-order chi connectivity index (χ0) is 13.8. The van der Waals surface area contributed by atoms with Gasteiger partial charge < -0.3 is 9.26 Å². The van der Waals surface area contributed by atoms with Crippen molar-refractivity contribution >= 4 is 11.3 Å². The van der Waals surface area contributed by atoms with Gasteiger partial charge >= 0.3 is 0 Å². The van der Waals surface area contributed by atoms with Crippen molar-refractivity contribution < 1.29 is 9.26 Å². The second kappa shape index (κ2) is 6.52. The van der Waals surface area contributed by atoms with Gasteiger partial charge in [-0.1, -0.05) is 11.2 Å². The van der Waals surface area contributed by atoms with Crippen molar-refractivity contribution in [2.45, 2.75) is 39.0 Å². The minimum Gasteiger partial charge on any atom is -0.377 e. The third-order valence-electron chi connectivity index (χ3n) is 3.50. The van der Waals surface area contributed by atoms with E-state index < -0.39 is 0 Å². The van der Waals surface area contributed by atoms with Crippen molar-refractivity contribution in [3.05, 3.63) is 39.9 Å². The average Bonchev–Trinajstić information content (AvgIpc) is 3.13. The molecule has 0 bridgehead atoms. The highest BCUT2D eigenvalue weighted by molar-refractivity contribution is 7.09. The fraction of sp³-hybridized carbons (Fsp3) is 0.533. The van der Waals surface area contributed by atoms with Crippen molar-refractivity contribution in [1.82, 2.24) is 10.1 Å². The molecular formula is C15H20N2O2S. The van der Waals surface area contributed by atoms with E-state index in [1.165, 1.54) is 11.3 Å². The van der Waals surface area contributed by atoms with E-state index in [1.807, 2.05) is 13.0 Å². The van der Waals surface area contributed by atoms with Gasteiger partial charge in [0, 0.05) is 30.6 Å². The molecule has 0 aromatic carbocycles. The summed E-state index contributed by atoms with van der Waals surface area (Å²) in [5, 5.41) is 6.09. The van der Waals surface area contributed by atoms with Crippen LogP contribution in [0.1, 0.15) is 29.2 Å². The predicted octanol–water partition coefficient (Wildman–Crippen LogP) is 3.23. The smallest absolute Gasteiger partial charge is 0.150 e. The van der Waals surface area contributed by atoms with E-state index in [0.29, 0.717) is 6.10 Å². The fourth-order valence-corrected chi connectivity index (χ4v) is 3.34. The quantitative estimate of drug-likeness (QED) is 0.819. The molecule has 108 valence electrons. The molecule has 20 heavy (non-hydrogen) atoms. The van der Waals surface area contributed by atoms with Gasteiger partial charge in [-0.3, -0.25) is 4.90 Å². The summed E-state index contributed by atoms with van der Waals surface area (Å²) in [5.74, 6) is 0.928. The number of rotatable bonds is 6. The Morgan fingerprint density at radius 1 is 1.45 bits per heavy atom. The lowest BCUT2D eigenvalue weighted by Crippen LogP contribution is -2.31. The van der Waals surface area contributed by atoms with Crippen LogP contribution in [0, 0.1) is 6.92 Å². The van der Waals surface area contributed by atoms with E-state index in [2.05, 4.69) is 27.6 Å². The maximum atomic E-state index is 5.76. The van der Waals surface area contributed by atoms with Crippen LogP contribution in [0.3, 0.4) is 0 Å². The van der Waals surface area contributed by atoms with Crippen molar-refractivity contribution in [2.24, 2.45) is 0 Å². The van der Waals surface area contributed by atoms with E-state index in [-0.39, 0.29) is 0 Å². The van der Waals surface area contributed by atoms with E-state index >= 15 is 0 Å². The van der Waals surface area contributed by atoms with Crippen LogP contribution < -0.4 is 0 Å². The summed E-state index contributed by atoms with van der Waals surface area (Å²) < 4.78 is 11.1. The number of hydrogen-bond donors (Lipinski definition) is 0. The first-order chi connectivity index (χ1) is 9.79. The second-order valence-electron chi connectivity index (χ2n) is 5.32. The van der Waals surface area contributed by atoms with Crippen molar-refractivity contribution in [1.29, 1.82) is 0 Å². The molecule has 2 aromatic heterocycles. The fourth-order valence-electron chi connectivity index (χ4n) is 2.60. The standard InChI is InChI=1S/C15H20N2O2S/c1-12-8-14(19-16-12)10-17(9-13-4-2-6-18-13)11-15-5-3-7-20-15/h3,5,7-8,13H,2,4,6,9-11H2,1H3. The lowest BCUT2D eigenvalue weighted by Gasteiger charge is -2.23. The Labute approximate surface area is 123 Å². The zero-order valence-electron chi connectivity index (χ0n) is 11.7. The predicted molar refractivity (Wildman–Crippen MR) is 78.6 cm³/mol. The van der Waals surface area contributed by atoms with Crippen molar-refractivity contribution in [3.63, 3.8) is 0 Å². The molecule has 0 saturated carbocycles. The molecule has 1 atom stereocenters. The van der Waals surface area contributed by atoms with Gasteiger partial charge in [0.05, 0.1) is 18.3 Å². The van der Waals surface area contributed by atoms with Crippen LogP contribution in [0.2, 0.25) is 0 Å². The number of nitrogens with zero attached hydrogens (tertiary/aromatic N) is 2. The molecule has 0 spiro atoms. The minimum atomic E-state index is 0.360. The summed E-state index contributed by atoms with van der Waals surface area (Å²) in [7, 11) is 0. The van der Waals surface area contributed by atoms with E-state index in [4.69, 9.17) is 9.26 Å². The molecule has 0 N–H and O–H groups in total. The van der Waals surface area contributed by atoms with Crippen LogP contribution in [-0.2, 0) is 17.8 Å². The van der Waals surface area contributed by atoms with Crippen LogP contribution in [0.5, 0.6) is 0 Å². The number of ether oxygens (including phenoxy) is 1. The molecule has 0 amide bonds. The van der Waals surface area contributed by atoms with Crippen LogP contribution in [0.4, 0.5) is 0 Å². The van der Waals surface area contributed by atoms with Crippen molar-refractivity contribution in [2.75, 3.05) is 13.2 Å². The van der Waals surface area contributed by atoms with Gasteiger partial charge in [-0.15, -0.1) is 11.3 Å². The Morgan fingerprint density at radius 2 is 2.40 bits per heavy atom. The van der Waals surface area contributed by atoms with Gasteiger partial charge in [0.15, 0.2) is 5.76 Å². The zero-order valence-corrected chi connectivity index (χ0v) is 12.6. The maximum Gasteiger partial charge on any atom is 0.150 e. The summed E-state index contributed by atoms with van der Waals surface area (Å²) in [5.41, 5.74) is 0.938. The number of aryl methyl sites for hydroxylation is 1. The molecule has 2 aromatic rings. The molecule has 5 heteroatoms. The molecule has 0 radical (unpaired) electrons.